The molecule has 2 N–H and O–H groups in total. The van der Waals surface area contributed by atoms with Gasteiger partial charge in [0.15, 0.2) is 0 Å². The van der Waals surface area contributed by atoms with Crippen LogP contribution < -0.4 is 5.32 Å². The van der Waals surface area contributed by atoms with Crippen molar-refractivity contribution in [3.05, 3.63) is 65.5 Å². The Bertz CT molecular complexity index is 575. The summed E-state index contributed by atoms with van der Waals surface area (Å²) in [6, 6.07) is 13.3. The molecule has 0 aliphatic heterocycles. The average Bonchev–Trinajstić information content (AvgIpc) is 2.53. The molecule has 2 atom stereocenters. The van der Waals surface area contributed by atoms with Crippen molar-refractivity contribution in [3.63, 3.8) is 0 Å². The molecule has 4 heteroatoms. The van der Waals surface area contributed by atoms with Crippen molar-refractivity contribution >= 4 is 0 Å². The van der Waals surface area contributed by atoms with Crippen LogP contribution in [0.25, 0.3) is 0 Å². The van der Waals surface area contributed by atoms with Gasteiger partial charge in [-0.05, 0) is 42.3 Å². The number of hydrogen-bond acceptors (Lipinski definition) is 4. The van der Waals surface area contributed by atoms with Gasteiger partial charge in [0.1, 0.15) is 0 Å². The van der Waals surface area contributed by atoms with E-state index in [2.05, 4.69) is 16.4 Å². The van der Waals surface area contributed by atoms with E-state index in [0.29, 0.717) is 12.1 Å². The van der Waals surface area contributed by atoms with E-state index in [4.69, 9.17) is 5.26 Å². The molecule has 0 amide bonds. The number of aromatic nitrogens is 1. The van der Waals surface area contributed by atoms with Crippen LogP contribution in [0.4, 0.5) is 0 Å². The largest absolute Gasteiger partial charge is 0.387 e. The van der Waals surface area contributed by atoms with Crippen LogP contribution in [0.3, 0.4) is 0 Å². The third-order valence-electron chi connectivity index (χ3n) is 3.25. The molecular weight excluding hydrogens is 250 g/mol. The fourth-order valence-electron chi connectivity index (χ4n) is 1.96. The Hall–Kier alpha value is -2.22. The molecule has 0 unspecified atom stereocenters. The third kappa shape index (κ3) is 3.64. The van der Waals surface area contributed by atoms with Crippen LogP contribution in [-0.2, 0) is 0 Å². The van der Waals surface area contributed by atoms with E-state index in [1.807, 2.05) is 19.1 Å². The maximum Gasteiger partial charge on any atom is 0.0991 e. The van der Waals surface area contributed by atoms with Crippen molar-refractivity contribution in [3.8, 4) is 6.07 Å². The Kier molecular flexibility index (Phi) is 4.83. The van der Waals surface area contributed by atoms with Crippen molar-refractivity contribution < 1.29 is 5.11 Å². The summed E-state index contributed by atoms with van der Waals surface area (Å²) in [6.07, 6.45) is 2.78. The van der Waals surface area contributed by atoms with Crippen molar-refractivity contribution in [2.75, 3.05) is 6.54 Å². The average molecular weight is 267 g/mol. The number of hydrogen-bond donors (Lipinski definition) is 2. The maximum absolute atomic E-state index is 10.1. The van der Waals surface area contributed by atoms with E-state index >= 15 is 0 Å². The van der Waals surface area contributed by atoms with Gasteiger partial charge in [0.25, 0.3) is 0 Å². The van der Waals surface area contributed by atoms with E-state index in [0.717, 1.165) is 11.1 Å². The van der Waals surface area contributed by atoms with Gasteiger partial charge in [-0.1, -0.05) is 12.1 Å². The first-order valence-electron chi connectivity index (χ1n) is 6.52. The Morgan fingerprint density at radius 2 is 1.80 bits per heavy atom. The predicted molar refractivity (Wildman–Crippen MR) is 76.8 cm³/mol. The van der Waals surface area contributed by atoms with E-state index in [1.165, 1.54) is 0 Å². The van der Waals surface area contributed by atoms with Crippen molar-refractivity contribution in [2.45, 2.75) is 19.1 Å². The summed E-state index contributed by atoms with van der Waals surface area (Å²) in [5, 5.41) is 22.1. The molecule has 0 aliphatic rings. The van der Waals surface area contributed by atoms with Crippen LogP contribution in [0.15, 0.2) is 48.8 Å². The fourth-order valence-corrected chi connectivity index (χ4v) is 1.96. The molecule has 2 aromatic rings. The summed E-state index contributed by atoms with van der Waals surface area (Å²) in [5.74, 6) is 0. The normalized spacial score (nSPS) is 13.4. The Balaban J connectivity index is 1.91. The predicted octanol–water partition coefficient (Wildman–Crippen LogP) is 2.34. The zero-order valence-corrected chi connectivity index (χ0v) is 11.3. The lowest BCUT2D eigenvalue weighted by molar-refractivity contribution is 0.170. The lowest BCUT2D eigenvalue weighted by Gasteiger charge is -2.17. The number of nitrogens with zero attached hydrogens (tertiary/aromatic N) is 2. The molecule has 102 valence electrons. The van der Waals surface area contributed by atoms with Gasteiger partial charge in [0, 0.05) is 25.0 Å². The molecule has 0 aliphatic carbocycles. The number of nitrogens with one attached hydrogen (secondary N) is 1. The molecule has 1 heterocycles. The van der Waals surface area contributed by atoms with Crippen LogP contribution in [-0.4, -0.2) is 16.6 Å². The second kappa shape index (κ2) is 6.80. The van der Waals surface area contributed by atoms with Crippen molar-refractivity contribution in [2.24, 2.45) is 0 Å². The zero-order valence-electron chi connectivity index (χ0n) is 11.3. The lowest BCUT2D eigenvalue weighted by atomic mass is 10.1. The number of pyridine rings is 1. The molecular formula is C16H17N3O. The van der Waals surface area contributed by atoms with Gasteiger partial charge in [-0.2, -0.15) is 5.26 Å². The molecule has 0 radical (unpaired) electrons. The summed E-state index contributed by atoms with van der Waals surface area (Å²) < 4.78 is 0. The molecule has 0 fully saturated rings. The summed E-state index contributed by atoms with van der Waals surface area (Å²) >= 11 is 0. The summed E-state index contributed by atoms with van der Waals surface area (Å²) in [7, 11) is 0. The second-order valence-corrected chi connectivity index (χ2v) is 4.66. The highest BCUT2D eigenvalue weighted by molar-refractivity contribution is 5.32. The van der Waals surface area contributed by atoms with E-state index in [1.54, 1.807) is 36.7 Å². The minimum Gasteiger partial charge on any atom is -0.387 e. The fraction of sp³-hybridized carbons (Fsp3) is 0.250. The third-order valence-corrected chi connectivity index (χ3v) is 3.25. The second-order valence-electron chi connectivity index (χ2n) is 4.66. The van der Waals surface area contributed by atoms with Crippen molar-refractivity contribution in [1.82, 2.24) is 10.3 Å². The summed E-state index contributed by atoms with van der Waals surface area (Å²) in [4.78, 5) is 3.93. The number of aliphatic hydroxyl groups excluding tert-OH is 1. The van der Waals surface area contributed by atoms with E-state index < -0.39 is 6.10 Å². The van der Waals surface area contributed by atoms with Crippen LogP contribution in [0, 0.1) is 11.3 Å². The van der Waals surface area contributed by atoms with Crippen LogP contribution in [0.5, 0.6) is 0 Å². The Morgan fingerprint density at radius 3 is 2.40 bits per heavy atom. The molecule has 0 bridgehead atoms. The quantitative estimate of drug-likeness (QED) is 0.872. The molecule has 4 nitrogen and oxygen atoms in total. The summed E-state index contributed by atoms with van der Waals surface area (Å²) in [6.45, 7) is 2.49. The van der Waals surface area contributed by atoms with Gasteiger partial charge >= 0.3 is 0 Å². The minimum absolute atomic E-state index is 0.110. The highest BCUT2D eigenvalue weighted by Gasteiger charge is 2.10. The first-order chi connectivity index (χ1) is 9.70. The zero-order chi connectivity index (χ0) is 14.4. The maximum atomic E-state index is 10.1. The number of aliphatic hydroxyl groups is 1. The van der Waals surface area contributed by atoms with Gasteiger partial charge in [-0.25, -0.2) is 0 Å². The minimum atomic E-state index is -0.557. The lowest BCUT2D eigenvalue weighted by Crippen LogP contribution is -2.24. The van der Waals surface area contributed by atoms with Crippen LogP contribution in [0.2, 0.25) is 0 Å². The first kappa shape index (κ1) is 14.2. The van der Waals surface area contributed by atoms with Crippen LogP contribution in [0.1, 0.15) is 35.8 Å². The van der Waals surface area contributed by atoms with Crippen LogP contribution >= 0.6 is 0 Å². The highest BCUT2D eigenvalue weighted by Crippen LogP contribution is 2.15. The Labute approximate surface area is 118 Å². The smallest absolute Gasteiger partial charge is 0.0991 e. The van der Waals surface area contributed by atoms with E-state index in [-0.39, 0.29) is 6.04 Å². The van der Waals surface area contributed by atoms with Crippen molar-refractivity contribution in [1.29, 1.82) is 5.26 Å². The number of nitriles is 1. The molecule has 2 rings (SSSR count). The topological polar surface area (TPSA) is 68.9 Å². The molecule has 0 saturated carbocycles. The first-order valence-corrected chi connectivity index (χ1v) is 6.52. The monoisotopic (exact) mass is 267 g/mol. The van der Waals surface area contributed by atoms with Gasteiger partial charge in [0.2, 0.25) is 0 Å². The molecule has 20 heavy (non-hydrogen) atoms. The molecule has 0 spiro atoms. The SMILES string of the molecule is C[C@H](NC[C@H](O)c1ccncc1)c1ccc(C#N)cc1. The highest BCUT2D eigenvalue weighted by atomic mass is 16.3. The van der Waals surface area contributed by atoms with E-state index in [9.17, 15) is 5.11 Å². The van der Waals surface area contributed by atoms with Gasteiger partial charge in [0.05, 0.1) is 17.7 Å². The number of rotatable bonds is 5. The van der Waals surface area contributed by atoms with Gasteiger partial charge in [-0.3, -0.25) is 4.98 Å². The van der Waals surface area contributed by atoms with Gasteiger partial charge in [-0.15, -0.1) is 0 Å². The Morgan fingerprint density at radius 1 is 1.15 bits per heavy atom. The molecule has 1 aromatic heterocycles. The standard InChI is InChI=1S/C16H17N3O/c1-12(14-4-2-13(10-17)3-5-14)19-11-16(20)15-6-8-18-9-7-15/h2-9,12,16,19-20H,11H2,1H3/t12-,16-/m0/s1. The number of benzene rings is 1. The molecule has 1 aromatic carbocycles. The summed E-state index contributed by atoms with van der Waals surface area (Å²) in [5.41, 5.74) is 2.59. The van der Waals surface area contributed by atoms with Gasteiger partial charge < -0.3 is 10.4 Å². The molecule has 0 saturated heterocycles.